The van der Waals surface area contributed by atoms with E-state index in [9.17, 15) is 4.79 Å². The summed E-state index contributed by atoms with van der Waals surface area (Å²) >= 11 is 0. The molecule has 6 unspecified atom stereocenters. The molecular formula is C21H36O2. The predicted octanol–water partition coefficient (Wildman–Crippen LogP) is 5.25. The Kier molecular flexibility index (Phi) is 4.93. The summed E-state index contributed by atoms with van der Waals surface area (Å²) in [6.07, 6.45) is 11.0. The van der Waals surface area contributed by atoms with Gasteiger partial charge in [-0.15, -0.1) is 0 Å². The first kappa shape index (κ1) is 17.5. The summed E-state index contributed by atoms with van der Waals surface area (Å²) in [7, 11) is 1.83. The molecule has 0 N–H and O–H groups in total. The highest BCUT2D eigenvalue weighted by Gasteiger charge is 2.57. The minimum absolute atomic E-state index is 0.0260. The smallest absolute Gasteiger partial charge is 0.139 e. The second kappa shape index (κ2) is 6.50. The third-order valence-corrected chi connectivity index (χ3v) is 8.14. The number of methoxy groups -OCH3 is 1. The van der Waals surface area contributed by atoms with Gasteiger partial charge in [-0.05, 0) is 74.0 Å². The fourth-order valence-electron chi connectivity index (χ4n) is 6.72. The van der Waals surface area contributed by atoms with Crippen molar-refractivity contribution in [2.75, 3.05) is 13.7 Å². The second-order valence-electron chi connectivity index (χ2n) is 9.18. The van der Waals surface area contributed by atoms with Gasteiger partial charge >= 0.3 is 0 Å². The topological polar surface area (TPSA) is 26.3 Å². The molecule has 23 heavy (non-hydrogen) atoms. The highest BCUT2D eigenvalue weighted by Crippen LogP contribution is 2.63. The number of ketones is 1. The van der Waals surface area contributed by atoms with E-state index in [1.807, 2.05) is 7.11 Å². The van der Waals surface area contributed by atoms with Crippen LogP contribution in [0.15, 0.2) is 0 Å². The van der Waals surface area contributed by atoms with Gasteiger partial charge in [-0.1, -0.05) is 27.2 Å². The molecule has 3 aliphatic carbocycles. The summed E-state index contributed by atoms with van der Waals surface area (Å²) in [4.78, 5) is 12.5. The van der Waals surface area contributed by atoms with Crippen LogP contribution in [0.2, 0.25) is 0 Å². The first-order chi connectivity index (χ1) is 11.0. The Morgan fingerprint density at radius 3 is 2.57 bits per heavy atom. The van der Waals surface area contributed by atoms with Gasteiger partial charge < -0.3 is 4.74 Å². The Labute approximate surface area is 142 Å². The molecule has 3 aliphatic rings. The number of hydrogen-bond acceptors (Lipinski definition) is 2. The molecule has 0 bridgehead atoms. The zero-order valence-corrected chi connectivity index (χ0v) is 15.7. The van der Waals surface area contributed by atoms with Crippen molar-refractivity contribution in [3.8, 4) is 0 Å². The summed E-state index contributed by atoms with van der Waals surface area (Å²) in [5.74, 6) is 3.75. The zero-order chi connectivity index (χ0) is 16.7. The molecule has 3 fully saturated rings. The molecule has 132 valence electrons. The van der Waals surface area contributed by atoms with E-state index in [2.05, 4.69) is 20.8 Å². The van der Waals surface area contributed by atoms with Gasteiger partial charge in [0.2, 0.25) is 0 Å². The first-order valence-electron chi connectivity index (χ1n) is 9.98. The van der Waals surface area contributed by atoms with Crippen LogP contribution in [-0.4, -0.2) is 19.5 Å². The number of ether oxygens (including phenoxy) is 1. The minimum atomic E-state index is 0.0260. The number of carbonyl (C=O) groups is 1. The molecule has 0 heterocycles. The number of rotatable bonds is 5. The molecule has 0 aromatic carbocycles. The minimum Gasteiger partial charge on any atom is -0.385 e. The molecule has 0 saturated heterocycles. The molecule has 2 heteroatoms. The van der Waals surface area contributed by atoms with Crippen molar-refractivity contribution in [1.82, 2.24) is 0 Å². The standard InChI is InChI=1S/C21H36O2/c1-5-6-17-15-10-12-21(3)18(7-8-19(21)22)16(15)9-11-20(17,2)13-14-23-4/h15-18H,5-14H2,1-4H3. The van der Waals surface area contributed by atoms with Crippen LogP contribution in [0.25, 0.3) is 0 Å². The predicted molar refractivity (Wildman–Crippen MR) is 94.3 cm³/mol. The lowest BCUT2D eigenvalue weighted by Crippen LogP contribution is -2.50. The Morgan fingerprint density at radius 1 is 1.13 bits per heavy atom. The number of hydrogen-bond donors (Lipinski definition) is 0. The third-order valence-electron chi connectivity index (χ3n) is 8.14. The SMILES string of the molecule is CCCC1C2CCC3(C)C(=O)CCC3C2CCC1(C)CCOC. The van der Waals surface area contributed by atoms with E-state index >= 15 is 0 Å². The van der Waals surface area contributed by atoms with E-state index in [0.717, 1.165) is 37.2 Å². The monoisotopic (exact) mass is 320 g/mol. The fourth-order valence-corrected chi connectivity index (χ4v) is 6.72. The van der Waals surface area contributed by atoms with Gasteiger partial charge in [0.1, 0.15) is 5.78 Å². The van der Waals surface area contributed by atoms with Crippen LogP contribution in [0.5, 0.6) is 0 Å². The van der Waals surface area contributed by atoms with Gasteiger partial charge in [-0.2, -0.15) is 0 Å². The maximum Gasteiger partial charge on any atom is 0.139 e. The molecule has 0 radical (unpaired) electrons. The fraction of sp³-hybridized carbons (Fsp3) is 0.952. The zero-order valence-electron chi connectivity index (χ0n) is 15.7. The van der Waals surface area contributed by atoms with Crippen molar-refractivity contribution in [2.24, 2.45) is 34.5 Å². The Bertz CT molecular complexity index is 445. The summed E-state index contributed by atoms with van der Waals surface area (Å²) < 4.78 is 5.43. The number of fused-ring (bicyclic) bond motifs is 3. The van der Waals surface area contributed by atoms with Gasteiger partial charge in [-0.25, -0.2) is 0 Å². The number of Topliss-reactive ketones (excluding diaryl/α,β-unsaturated/α-hetero) is 1. The maximum atomic E-state index is 12.5. The lowest BCUT2D eigenvalue weighted by Gasteiger charge is -2.56. The maximum absolute atomic E-state index is 12.5. The summed E-state index contributed by atoms with van der Waals surface area (Å²) in [6.45, 7) is 8.05. The Balaban J connectivity index is 1.83. The van der Waals surface area contributed by atoms with Crippen molar-refractivity contribution in [3.63, 3.8) is 0 Å². The third kappa shape index (κ3) is 2.79. The molecule has 0 aromatic rings. The summed E-state index contributed by atoms with van der Waals surface area (Å²) in [5, 5.41) is 0. The van der Waals surface area contributed by atoms with Crippen molar-refractivity contribution < 1.29 is 9.53 Å². The second-order valence-corrected chi connectivity index (χ2v) is 9.18. The highest BCUT2D eigenvalue weighted by atomic mass is 16.5. The molecular weight excluding hydrogens is 284 g/mol. The largest absolute Gasteiger partial charge is 0.385 e. The van der Waals surface area contributed by atoms with Crippen LogP contribution in [0.1, 0.15) is 78.6 Å². The van der Waals surface area contributed by atoms with E-state index in [1.54, 1.807) is 0 Å². The van der Waals surface area contributed by atoms with Crippen molar-refractivity contribution >= 4 is 5.78 Å². The molecule has 0 aromatic heterocycles. The molecule has 2 nitrogen and oxygen atoms in total. The van der Waals surface area contributed by atoms with Gasteiger partial charge in [-0.3, -0.25) is 4.79 Å². The van der Waals surface area contributed by atoms with Crippen molar-refractivity contribution in [2.45, 2.75) is 78.6 Å². The van der Waals surface area contributed by atoms with E-state index in [4.69, 9.17) is 4.74 Å². The Hall–Kier alpha value is -0.370. The van der Waals surface area contributed by atoms with Gasteiger partial charge in [0, 0.05) is 25.6 Å². The summed E-state index contributed by atoms with van der Waals surface area (Å²) in [6, 6.07) is 0. The normalized spacial score (nSPS) is 46.5. The van der Waals surface area contributed by atoms with Gasteiger partial charge in [0.15, 0.2) is 0 Å². The van der Waals surface area contributed by atoms with E-state index in [-0.39, 0.29) is 5.41 Å². The van der Waals surface area contributed by atoms with Crippen LogP contribution in [0, 0.1) is 34.5 Å². The lowest BCUT2D eigenvalue weighted by molar-refractivity contribution is -0.134. The summed E-state index contributed by atoms with van der Waals surface area (Å²) in [5.41, 5.74) is 0.474. The van der Waals surface area contributed by atoms with E-state index in [0.29, 0.717) is 17.1 Å². The van der Waals surface area contributed by atoms with Crippen molar-refractivity contribution in [1.29, 1.82) is 0 Å². The average molecular weight is 321 g/mol. The number of carbonyl (C=O) groups excluding carboxylic acids is 1. The van der Waals surface area contributed by atoms with Crippen LogP contribution >= 0.6 is 0 Å². The lowest BCUT2D eigenvalue weighted by atomic mass is 9.48. The molecule has 3 rings (SSSR count). The van der Waals surface area contributed by atoms with E-state index < -0.39 is 0 Å². The average Bonchev–Trinajstić information content (AvgIpc) is 2.84. The van der Waals surface area contributed by atoms with Crippen LogP contribution in [0.3, 0.4) is 0 Å². The van der Waals surface area contributed by atoms with Gasteiger partial charge in [0.25, 0.3) is 0 Å². The molecule has 0 aliphatic heterocycles. The molecule has 3 saturated carbocycles. The van der Waals surface area contributed by atoms with Crippen LogP contribution < -0.4 is 0 Å². The molecule has 0 spiro atoms. The quantitative estimate of drug-likeness (QED) is 0.691. The molecule has 6 atom stereocenters. The first-order valence-corrected chi connectivity index (χ1v) is 9.98. The van der Waals surface area contributed by atoms with Gasteiger partial charge in [0.05, 0.1) is 0 Å². The molecule has 0 amide bonds. The van der Waals surface area contributed by atoms with Crippen LogP contribution in [-0.2, 0) is 9.53 Å². The van der Waals surface area contributed by atoms with Crippen molar-refractivity contribution in [3.05, 3.63) is 0 Å². The van der Waals surface area contributed by atoms with Crippen LogP contribution in [0.4, 0.5) is 0 Å². The Morgan fingerprint density at radius 2 is 1.87 bits per heavy atom. The van der Waals surface area contributed by atoms with E-state index in [1.165, 1.54) is 44.9 Å². The highest BCUT2D eigenvalue weighted by molar-refractivity contribution is 5.87.